The standard InChI is InChI=1S/C18H25N5O5S2/c1-18(2,3)28-17(27)21-7-4-6-19-14(24)11-9-30-15(23-11)12-10-29-13(22-12)5-8-20-16(25)26/h9-10,20H,4-8H2,1-3H3,(H,19,24)(H,21,27)(H,25,26). The van der Waals surface area contributed by atoms with Gasteiger partial charge in [-0.25, -0.2) is 19.6 Å². The van der Waals surface area contributed by atoms with Crippen LogP contribution < -0.4 is 16.0 Å². The monoisotopic (exact) mass is 455 g/mol. The van der Waals surface area contributed by atoms with Gasteiger partial charge in [0.1, 0.15) is 22.0 Å². The maximum absolute atomic E-state index is 12.2. The van der Waals surface area contributed by atoms with Gasteiger partial charge in [-0.05, 0) is 27.2 Å². The van der Waals surface area contributed by atoms with E-state index in [1.807, 2.05) is 5.38 Å². The van der Waals surface area contributed by atoms with Crippen LogP contribution in [0.2, 0.25) is 0 Å². The number of alkyl carbamates (subject to hydrolysis) is 1. The third-order valence-electron chi connectivity index (χ3n) is 3.43. The summed E-state index contributed by atoms with van der Waals surface area (Å²) in [4.78, 5) is 43.0. The van der Waals surface area contributed by atoms with Crippen LogP contribution in [0.5, 0.6) is 0 Å². The molecule has 2 rings (SSSR count). The Balaban J connectivity index is 1.74. The minimum atomic E-state index is -1.07. The molecule has 12 heteroatoms. The van der Waals surface area contributed by atoms with Crippen LogP contribution in [0.1, 0.15) is 42.7 Å². The predicted octanol–water partition coefficient (Wildman–Crippen LogP) is 2.72. The van der Waals surface area contributed by atoms with E-state index in [-0.39, 0.29) is 12.5 Å². The number of carbonyl (C=O) groups excluding carboxylic acids is 2. The van der Waals surface area contributed by atoms with E-state index >= 15 is 0 Å². The van der Waals surface area contributed by atoms with Crippen molar-refractivity contribution in [3.05, 3.63) is 21.5 Å². The number of nitrogens with one attached hydrogen (secondary N) is 3. The first kappa shape index (κ1) is 23.5. The molecule has 3 amide bonds. The lowest BCUT2D eigenvalue weighted by molar-refractivity contribution is 0.0527. The Morgan fingerprint density at radius 1 is 1.03 bits per heavy atom. The maximum Gasteiger partial charge on any atom is 0.407 e. The summed E-state index contributed by atoms with van der Waals surface area (Å²) in [6.45, 7) is 6.43. The molecule has 0 aliphatic heterocycles. The van der Waals surface area contributed by atoms with Gasteiger partial charge in [-0.1, -0.05) is 0 Å². The van der Waals surface area contributed by atoms with Crippen molar-refractivity contribution < 1.29 is 24.2 Å². The van der Waals surface area contributed by atoms with Crippen molar-refractivity contribution in [2.45, 2.75) is 39.2 Å². The molecule has 0 saturated carbocycles. The highest BCUT2D eigenvalue weighted by Crippen LogP contribution is 2.25. The van der Waals surface area contributed by atoms with Gasteiger partial charge in [-0.3, -0.25) is 4.79 Å². The number of rotatable bonds is 9. The largest absolute Gasteiger partial charge is 0.465 e. The molecule has 4 N–H and O–H groups in total. The summed E-state index contributed by atoms with van der Waals surface area (Å²) in [5.41, 5.74) is 0.418. The van der Waals surface area contributed by atoms with Crippen molar-refractivity contribution in [1.82, 2.24) is 25.9 Å². The second kappa shape index (κ2) is 10.9. The van der Waals surface area contributed by atoms with Gasteiger partial charge in [0, 0.05) is 36.8 Å². The Kier molecular flexibility index (Phi) is 8.54. The molecule has 0 saturated heterocycles. The van der Waals surface area contributed by atoms with Gasteiger partial charge in [0.05, 0.1) is 5.01 Å². The van der Waals surface area contributed by atoms with Crippen LogP contribution in [0.4, 0.5) is 9.59 Å². The highest BCUT2D eigenvalue weighted by molar-refractivity contribution is 7.14. The summed E-state index contributed by atoms with van der Waals surface area (Å²) in [6, 6.07) is 0. The molecule has 0 unspecified atom stereocenters. The lowest BCUT2D eigenvalue weighted by atomic mass is 10.2. The van der Waals surface area contributed by atoms with Gasteiger partial charge in [0.2, 0.25) is 0 Å². The van der Waals surface area contributed by atoms with Gasteiger partial charge >= 0.3 is 12.2 Å². The third-order valence-corrected chi connectivity index (χ3v) is 5.20. The fourth-order valence-electron chi connectivity index (χ4n) is 2.18. The van der Waals surface area contributed by atoms with Gasteiger partial charge in [0.15, 0.2) is 0 Å². The summed E-state index contributed by atoms with van der Waals surface area (Å²) in [5.74, 6) is -0.295. The Labute approximate surface area is 182 Å². The van der Waals surface area contributed by atoms with E-state index in [1.54, 1.807) is 26.2 Å². The number of aromatic nitrogens is 2. The van der Waals surface area contributed by atoms with E-state index in [1.165, 1.54) is 22.7 Å². The van der Waals surface area contributed by atoms with Crippen molar-refractivity contribution in [2.24, 2.45) is 0 Å². The average molecular weight is 456 g/mol. The second-order valence-electron chi connectivity index (χ2n) is 7.18. The molecule has 0 aliphatic rings. The van der Waals surface area contributed by atoms with Crippen molar-refractivity contribution in [3.63, 3.8) is 0 Å². The number of hydrogen-bond acceptors (Lipinski definition) is 8. The fraction of sp³-hybridized carbons (Fsp3) is 0.500. The lowest BCUT2D eigenvalue weighted by Crippen LogP contribution is -2.34. The van der Waals surface area contributed by atoms with Gasteiger partial charge in [-0.2, -0.15) is 0 Å². The van der Waals surface area contributed by atoms with Crippen LogP contribution in [0.25, 0.3) is 10.7 Å². The Bertz CT molecular complexity index is 874. The minimum Gasteiger partial charge on any atom is -0.465 e. The van der Waals surface area contributed by atoms with Crippen LogP contribution in [0.3, 0.4) is 0 Å². The molecule has 0 radical (unpaired) electrons. The Morgan fingerprint density at radius 3 is 2.47 bits per heavy atom. The number of carboxylic acid groups (broad SMARTS) is 1. The summed E-state index contributed by atoms with van der Waals surface area (Å²) in [6.07, 6.45) is -0.503. The van der Waals surface area contributed by atoms with Crippen LogP contribution in [-0.2, 0) is 11.2 Å². The SMILES string of the molecule is CC(C)(C)OC(=O)NCCCNC(=O)c1csc(-c2csc(CCNC(=O)O)n2)n1. The number of thiazole rings is 2. The highest BCUT2D eigenvalue weighted by atomic mass is 32.1. The molecule has 2 aromatic heterocycles. The molecule has 2 aromatic rings. The number of ether oxygens (including phenoxy) is 1. The average Bonchev–Trinajstić information content (AvgIpc) is 3.28. The number of amides is 3. The van der Waals surface area contributed by atoms with Gasteiger partial charge < -0.3 is 25.8 Å². The van der Waals surface area contributed by atoms with E-state index in [9.17, 15) is 14.4 Å². The van der Waals surface area contributed by atoms with Crippen LogP contribution in [-0.4, -0.2) is 58.4 Å². The Hall–Kier alpha value is -2.73. The Morgan fingerprint density at radius 2 is 1.77 bits per heavy atom. The summed E-state index contributed by atoms with van der Waals surface area (Å²) in [5, 5.41) is 21.2. The summed E-state index contributed by atoms with van der Waals surface area (Å²) in [7, 11) is 0. The maximum atomic E-state index is 12.2. The molecule has 0 fully saturated rings. The second-order valence-corrected chi connectivity index (χ2v) is 8.99. The van der Waals surface area contributed by atoms with Crippen molar-refractivity contribution in [1.29, 1.82) is 0 Å². The normalized spacial score (nSPS) is 11.0. The predicted molar refractivity (Wildman–Crippen MR) is 114 cm³/mol. The molecule has 10 nitrogen and oxygen atoms in total. The van der Waals surface area contributed by atoms with E-state index in [0.29, 0.717) is 42.3 Å². The van der Waals surface area contributed by atoms with Crippen LogP contribution in [0.15, 0.2) is 10.8 Å². The first-order valence-electron chi connectivity index (χ1n) is 9.26. The van der Waals surface area contributed by atoms with Crippen LogP contribution >= 0.6 is 22.7 Å². The molecule has 0 aliphatic carbocycles. The third kappa shape index (κ3) is 8.33. The summed E-state index contributed by atoms with van der Waals surface area (Å²) >= 11 is 2.73. The topological polar surface area (TPSA) is 143 Å². The van der Waals surface area contributed by atoms with Crippen molar-refractivity contribution in [3.8, 4) is 10.7 Å². The van der Waals surface area contributed by atoms with E-state index in [0.717, 1.165) is 5.01 Å². The smallest absolute Gasteiger partial charge is 0.407 e. The van der Waals surface area contributed by atoms with E-state index in [4.69, 9.17) is 9.84 Å². The number of hydrogen-bond donors (Lipinski definition) is 4. The quantitative estimate of drug-likeness (QED) is 0.426. The van der Waals surface area contributed by atoms with Crippen molar-refractivity contribution in [2.75, 3.05) is 19.6 Å². The molecule has 0 aromatic carbocycles. The number of nitrogens with zero attached hydrogens (tertiary/aromatic N) is 2. The fourth-order valence-corrected chi connectivity index (χ4v) is 3.80. The van der Waals surface area contributed by atoms with Crippen molar-refractivity contribution >= 4 is 40.8 Å². The first-order chi connectivity index (χ1) is 14.1. The highest BCUT2D eigenvalue weighted by Gasteiger charge is 2.16. The molecule has 30 heavy (non-hydrogen) atoms. The zero-order chi connectivity index (χ0) is 22.1. The van der Waals surface area contributed by atoms with E-state index < -0.39 is 17.8 Å². The zero-order valence-electron chi connectivity index (χ0n) is 17.0. The molecule has 2 heterocycles. The van der Waals surface area contributed by atoms with Gasteiger partial charge in [-0.15, -0.1) is 22.7 Å². The van der Waals surface area contributed by atoms with Crippen LogP contribution in [0, 0.1) is 0 Å². The molecular formula is C18H25N5O5S2. The molecule has 164 valence electrons. The minimum absolute atomic E-state index is 0.288. The molecule has 0 spiro atoms. The molecular weight excluding hydrogens is 430 g/mol. The summed E-state index contributed by atoms with van der Waals surface area (Å²) < 4.78 is 5.13. The number of carbonyl (C=O) groups is 3. The molecule has 0 bridgehead atoms. The van der Waals surface area contributed by atoms with Gasteiger partial charge in [0.25, 0.3) is 5.91 Å². The lowest BCUT2D eigenvalue weighted by Gasteiger charge is -2.19. The molecule has 0 atom stereocenters. The zero-order valence-corrected chi connectivity index (χ0v) is 18.6. The first-order valence-corrected chi connectivity index (χ1v) is 11.0. The van der Waals surface area contributed by atoms with E-state index in [2.05, 4.69) is 25.9 Å².